The molecule has 1 aliphatic heterocycles. The molecule has 0 saturated carbocycles. The third-order valence-electron chi connectivity index (χ3n) is 7.52. The molecule has 2 N–H and O–H groups in total. The second-order valence-corrected chi connectivity index (χ2v) is 13.8. The molecule has 246 valence electrons. The highest BCUT2D eigenvalue weighted by Gasteiger charge is 2.24. The largest absolute Gasteiger partial charge is 0.492 e. The van der Waals surface area contributed by atoms with Gasteiger partial charge in [0.25, 0.3) is 5.91 Å². The Morgan fingerprint density at radius 3 is 2.52 bits per heavy atom. The zero-order valence-corrected chi connectivity index (χ0v) is 27.7. The second-order valence-electron chi connectivity index (χ2n) is 12.0. The van der Waals surface area contributed by atoms with Gasteiger partial charge in [0.2, 0.25) is 15.9 Å². The van der Waals surface area contributed by atoms with E-state index in [0.717, 1.165) is 50.1 Å². The summed E-state index contributed by atoms with van der Waals surface area (Å²) in [5.74, 6) is 0.563. The van der Waals surface area contributed by atoms with Crippen LogP contribution in [-0.4, -0.2) is 86.6 Å². The number of nitrogens with zero attached hydrogens (tertiary/aromatic N) is 4. The molecule has 1 amide bonds. The van der Waals surface area contributed by atoms with Crippen LogP contribution in [0.2, 0.25) is 0 Å². The molecular weight excluding hydrogens is 612 g/mol. The Labute approximate surface area is 268 Å². The number of ether oxygens (including phenoxy) is 4. The van der Waals surface area contributed by atoms with Gasteiger partial charge in [-0.2, -0.15) is 4.98 Å². The van der Waals surface area contributed by atoms with Crippen molar-refractivity contribution in [3.63, 3.8) is 0 Å². The van der Waals surface area contributed by atoms with E-state index < -0.39 is 15.9 Å². The minimum atomic E-state index is -3.62. The number of amides is 1. The van der Waals surface area contributed by atoms with Gasteiger partial charge in [0.1, 0.15) is 12.3 Å². The third kappa shape index (κ3) is 7.87. The summed E-state index contributed by atoms with van der Waals surface area (Å²) in [7, 11) is -0.433. The fourth-order valence-electron chi connectivity index (χ4n) is 5.17. The Morgan fingerprint density at radius 2 is 1.83 bits per heavy atom. The highest BCUT2D eigenvalue weighted by Crippen LogP contribution is 2.40. The van der Waals surface area contributed by atoms with E-state index >= 15 is 0 Å². The van der Waals surface area contributed by atoms with Crippen molar-refractivity contribution in [3.05, 3.63) is 59.9 Å². The van der Waals surface area contributed by atoms with E-state index in [1.54, 1.807) is 48.1 Å². The normalized spacial score (nSPS) is 14.2. The molecule has 0 aliphatic carbocycles. The van der Waals surface area contributed by atoms with E-state index in [0.29, 0.717) is 35.1 Å². The van der Waals surface area contributed by atoms with E-state index in [1.807, 2.05) is 32.9 Å². The van der Waals surface area contributed by atoms with Gasteiger partial charge in [-0.3, -0.25) is 14.4 Å². The zero-order chi connectivity index (χ0) is 33.1. The molecule has 0 atom stereocenters. The maximum Gasteiger partial charge on any atom is 0.319 e. The number of benzene rings is 2. The van der Waals surface area contributed by atoms with Crippen LogP contribution in [0.1, 0.15) is 36.8 Å². The lowest BCUT2D eigenvalue weighted by Gasteiger charge is -2.26. The Hall–Kier alpha value is -4.40. The van der Waals surface area contributed by atoms with Crippen LogP contribution < -0.4 is 24.2 Å². The molecule has 4 aromatic rings. The van der Waals surface area contributed by atoms with E-state index in [1.165, 1.54) is 7.11 Å². The first-order valence-electron chi connectivity index (χ1n) is 14.9. The number of para-hydroxylation sites is 1. The fraction of sp³-hybridized carbons (Fsp3) is 0.406. The highest BCUT2D eigenvalue weighted by molar-refractivity contribution is 7.92. The number of morpholine rings is 1. The molecule has 3 heterocycles. The molecule has 13 nitrogen and oxygen atoms in total. The zero-order valence-electron chi connectivity index (χ0n) is 26.9. The lowest BCUT2D eigenvalue weighted by atomic mass is 9.86. The van der Waals surface area contributed by atoms with Crippen molar-refractivity contribution in [2.45, 2.75) is 26.2 Å². The Bertz CT molecular complexity index is 1830. The van der Waals surface area contributed by atoms with E-state index in [-0.39, 0.29) is 22.9 Å². The maximum absolute atomic E-state index is 13.7. The number of hydrogen-bond donors (Lipinski definition) is 2. The number of aromatic nitrogens is 3. The predicted molar refractivity (Wildman–Crippen MR) is 176 cm³/mol. The summed E-state index contributed by atoms with van der Waals surface area (Å²) < 4.78 is 51.4. The minimum Gasteiger partial charge on any atom is -0.492 e. The van der Waals surface area contributed by atoms with Crippen LogP contribution >= 0.6 is 0 Å². The maximum atomic E-state index is 13.7. The monoisotopic (exact) mass is 652 g/mol. The molecule has 1 aliphatic rings. The van der Waals surface area contributed by atoms with Crippen LogP contribution in [0, 0.1) is 0 Å². The third-order valence-corrected chi connectivity index (χ3v) is 8.11. The topological polar surface area (TPSA) is 146 Å². The van der Waals surface area contributed by atoms with Gasteiger partial charge in [-0.05, 0) is 35.2 Å². The molecule has 1 saturated heterocycles. The van der Waals surface area contributed by atoms with Gasteiger partial charge in [0.05, 0.1) is 43.5 Å². The Balaban J connectivity index is 1.39. The smallest absolute Gasteiger partial charge is 0.319 e. The molecule has 5 rings (SSSR count). The number of methoxy groups -OCH3 is 1. The molecule has 1 fully saturated rings. The number of carbonyl (C=O) groups is 1. The lowest BCUT2D eigenvalue weighted by Crippen LogP contribution is -2.38. The average molecular weight is 653 g/mol. The van der Waals surface area contributed by atoms with E-state index in [9.17, 15) is 13.2 Å². The van der Waals surface area contributed by atoms with Crippen molar-refractivity contribution >= 4 is 38.2 Å². The predicted octanol–water partition coefficient (Wildman–Crippen LogP) is 4.40. The van der Waals surface area contributed by atoms with E-state index in [4.69, 9.17) is 18.9 Å². The van der Waals surface area contributed by atoms with Gasteiger partial charge < -0.3 is 28.8 Å². The van der Waals surface area contributed by atoms with Gasteiger partial charge in [-0.15, -0.1) is 0 Å². The highest BCUT2D eigenvalue weighted by atomic mass is 32.2. The molecule has 46 heavy (non-hydrogen) atoms. The first-order valence-corrected chi connectivity index (χ1v) is 16.8. The van der Waals surface area contributed by atoms with Gasteiger partial charge in [-0.1, -0.05) is 32.9 Å². The van der Waals surface area contributed by atoms with Crippen molar-refractivity contribution in [2.75, 3.05) is 62.9 Å². The van der Waals surface area contributed by atoms with Gasteiger partial charge in [0, 0.05) is 44.3 Å². The van der Waals surface area contributed by atoms with Gasteiger partial charge in [-0.25, -0.2) is 13.4 Å². The number of rotatable bonds is 11. The van der Waals surface area contributed by atoms with Crippen LogP contribution in [0.3, 0.4) is 0 Å². The number of carbonyl (C=O) groups excluding carboxylic acids is 1. The molecular formula is C32H40N6O7S. The molecule has 2 aromatic carbocycles. The van der Waals surface area contributed by atoms with Crippen LogP contribution in [0.15, 0.2) is 48.7 Å². The van der Waals surface area contributed by atoms with Gasteiger partial charge >= 0.3 is 6.01 Å². The number of sulfonamides is 1. The summed E-state index contributed by atoms with van der Waals surface area (Å²) in [6.07, 6.45) is 2.63. The van der Waals surface area contributed by atoms with Crippen LogP contribution in [0.4, 0.5) is 11.4 Å². The minimum absolute atomic E-state index is 0.196. The van der Waals surface area contributed by atoms with Crippen molar-refractivity contribution in [2.24, 2.45) is 7.05 Å². The van der Waals surface area contributed by atoms with E-state index in [2.05, 4.69) is 24.9 Å². The first kappa shape index (κ1) is 33.0. The van der Waals surface area contributed by atoms with Crippen molar-refractivity contribution < 1.29 is 32.2 Å². The molecule has 0 radical (unpaired) electrons. The quantitative estimate of drug-likeness (QED) is 0.239. The van der Waals surface area contributed by atoms with Crippen LogP contribution in [-0.2, 0) is 27.2 Å². The SMILES string of the molecule is COc1c(NC(=O)c2cc3cccc(Oc4ccnc(OCCN5CCOCC5)n4)c3n2C)cc(C(C)(C)C)cc1NS(C)(=O)=O. The van der Waals surface area contributed by atoms with Crippen molar-refractivity contribution in [3.8, 4) is 23.4 Å². The standard InChI is InChI=1S/C32H40N6O7S/c1-32(2,3)22-19-23(29(42-5)24(20-22)36-46(6,40)41)34-30(39)25-18-21-8-7-9-26(28(21)37(25)4)45-27-10-11-33-31(35-27)44-17-14-38-12-15-43-16-13-38/h7-11,18-20,36H,12-17H2,1-6H3,(H,34,39). The van der Waals surface area contributed by atoms with Crippen LogP contribution in [0.25, 0.3) is 10.9 Å². The Morgan fingerprint density at radius 1 is 1.09 bits per heavy atom. The summed E-state index contributed by atoms with van der Waals surface area (Å²) >= 11 is 0. The number of aryl methyl sites for hydroxylation is 1. The number of fused-ring (bicyclic) bond motifs is 1. The second kappa shape index (κ2) is 13.5. The van der Waals surface area contributed by atoms with Crippen molar-refractivity contribution in [1.82, 2.24) is 19.4 Å². The molecule has 0 spiro atoms. The first-order chi connectivity index (χ1) is 21.8. The summed E-state index contributed by atoms with van der Waals surface area (Å²) in [5, 5.41) is 3.70. The summed E-state index contributed by atoms with van der Waals surface area (Å²) in [5.41, 5.74) is 2.04. The Kier molecular flexibility index (Phi) is 9.70. The molecule has 0 unspecified atom stereocenters. The van der Waals surface area contributed by atoms with Crippen LogP contribution in [0.5, 0.6) is 23.4 Å². The fourth-order valence-corrected chi connectivity index (χ4v) is 5.72. The number of nitrogens with one attached hydrogen (secondary N) is 2. The summed E-state index contributed by atoms with van der Waals surface area (Å²) in [4.78, 5) is 24.6. The average Bonchev–Trinajstić information content (AvgIpc) is 3.34. The summed E-state index contributed by atoms with van der Waals surface area (Å²) in [6.45, 7) is 10.3. The van der Waals surface area contributed by atoms with Crippen molar-refractivity contribution in [1.29, 1.82) is 0 Å². The summed E-state index contributed by atoms with van der Waals surface area (Å²) in [6, 6.07) is 12.6. The number of hydrogen-bond acceptors (Lipinski definition) is 10. The van der Waals surface area contributed by atoms with Gasteiger partial charge in [0.15, 0.2) is 11.5 Å². The number of anilines is 2. The molecule has 2 aromatic heterocycles. The molecule has 0 bridgehead atoms. The molecule has 14 heteroatoms. The lowest BCUT2D eigenvalue weighted by molar-refractivity contribution is 0.0317.